The molecule has 2 saturated heterocycles. The molecular formula is C24H33NO7. The number of benzene rings is 1. The first kappa shape index (κ1) is 22.7. The third-order valence-electron chi connectivity index (χ3n) is 6.48. The minimum atomic E-state index is -1.02. The van der Waals surface area contributed by atoms with Crippen LogP contribution in [0.25, 0.3) is 0 Å². The van der Waals surface area contributed by atoms with Gasteiger partial charge in [0, 0.05) is 36.6 Å². The Bertz CT molecular complexity index is 891. The molecule has 0 aromatic heterocycles. The smallest absolute Gasteiger partial charge is 0.410 e. The van der Waals surface area contributed by atoms with E-state index in [4.69, 9.17) is 24.1 Å². The lowest BCUT2D eigenvalue weighted by Crippen LogP contribution is -2.56. The lowest BCUT2D eigenvalue weighted by molar-refractivity contribution is -0.185. The number of nitrogens with zero attached hydrogens (tertiary/aromatic N) is 1. The lowest BCUT2D eigenvalue weighted by Gasteiger charge is -2.53. The highest BCUT2D eigenvalue weighted by Gasteiger charge is 2.51. The molecule has 1 amide bonds. The topological polar surface area (TPSA) is 94.5 Å². The number of hydrogen-bond acceptors (Lipinski definition) is 6. The first-order chi connectivity index (χ1) is 14.9. The number of carbonyl (C=O) groups is 2. The van der Waals surface area contributed by atoms with E-state index in [-0.39, 0.29) is 30.1 Å². The number of carboxylic acids is 1. The minimum absolute atomic E-state index is 0.0691. The van der Waals surface area contributed by atoms with E-state index in [1.165, 1.54) is 0 Å². The maximum absolute atomic E-state index is 12.6. The lowest BCUT2D eigenvalue weighted by atomic mass is 9.70. The first-order valence-electron chi connectivity index (χ1n) is 11.2. The van der Waals surface area contributed by atoms with E-state index in [1.54, 1.807) is 17.0 Å². The van der Waals surface area contributed by atoms with Gasteiger partial charge in [0.15, 0.2) is 6.61 Å². The predicted molar refractivity (Wildman–Crippen MR) is 116 cm³/mol. The summed E-state index contributed by atoms with van der Waals surface area (Å²) in [4.78, 5) is 25.2. The summed E-state index contributed by atoms with van der Waals surface area (Å²) in [7, 11) is 0. The summed E-state index contributed by atoms with van der Waals surface area (Å²) in [5.74, 6) is 0.452. The molecule has 1 aromatic rings. The Morgan fingerprint density at radius 2 is 2.03 bits per heavy atom. The van der Waals surface area contributed by atoms with Gasteiger partial charge in [0.1, 0.15) is 22.7 Å². The van der Waals surface area contributed by atoms with Gasteiger partial charge in [0.25, 0.3) is 0 Å². The maximum atomic E-state index is 12.6. The van der Waals surface area contributed by atoms with Crippen molar-refractivity contribution in [3.8, 4) is 11.5 Å². The minimum Gasteiger partial charge on any atom is -0.487 e. The van der Waals surface area contributed by atoms with Gasteiger partial charge >= 0.3 is 12.1 Å². The van der Waals surface area contributed by atoms with Gasteiger partial charge in [0.05, 0.1) is 12.2 Å². The van der Waals surface area contributed by atoms with Gasteiger partial charge in [-0.15, -0.1) is 0 Å². The van der Waals surface area contributed by atoms with Crippen molar-refractivity contribution in [1.29, 1.82) is 0 Å². The van der Waals surface area contributed by atoms with Gasteiger partial charge in [-0.05, 0) is 59.6 Å². The molecule has 4 atom stereocenters. The van der Waals surface area contributed by atoms with Crippen LogP contribution in [0.2, 0.25) is 0 Å². The second-order valence-electron chi connectivity index (χ2n) is 10.5. The fourth-order valence-corrected chi connectivity index (χ4v) is 5.01. The molecular weight excluding hydrogens is 414 g/mol. The number of amides is 1. The zero-order chi connectivity index (χ0) is 23.3. The quantitative estimate of drug-likeness (QED) is 0.748. The number of aliphatic carboxylic acids is 1. The number of carbonyl (C=O) groups excluding carboxylic acids is 1. The monoisotopic (exact) mass is 447 g/mol. The summed E-state index contributed by atoms with van der Waals surface area (Å²) in [6.45, 7) is 10.6. The van der Waals surface area contributed by atoms with Crippen molar-refractivity contribution >= 4 is 12.1 Å². The van der Waals surface area contributed by atoms with E-state index in [0.717, 1.165) is 18.4 Å². The molecule has 0 unspecified atom stereocenters. The van der Waals surface area contributed by atoms with Crippen molar-refractivity contribution in [3.63, 3.8) is 0 Å². The molecule has 3 aliphatic rings. The number of rotatable bonds is 3. The standard InChI is InChI=1S/C24H33NO7/c1-23(2,3)32-22(28)25-9-8-18-14(12-25)10-17-21(30-18)16-7-6-15(29-13-20(26)27)11-19(16)31-24(17,4)5/h6-7,11,14,17-18,21H,8-10,12-13H2,1-5H3,(H,26,27)/t14-,17-,18-,21+/m0/s1. The van der Waals surface area contributed by atoms with Crippen LogP contribution in [0.15, 0.2) is 18.2 Å². The van der Waals surface area contributed by atoms with Crippen molar-refractivity contribution in [2.75, 3.05) is 19.7 Å². The molecule has 0 saturated carbocycles. The van der Waals surface area contributed by atoms with Crippen molar-refractivity contribution in [3.05, 3.63) is 23.8 Å². The fourth-order valence-electron chi connectivity index (χ4n) is 5.01. The van der Waals surface area contributed by atoms with E-state index in [0.29, 0.717) is 24.6 Å². The summed E-state index contributed by atoms with van der Waals surface area (Å²) in [6, 6.07) is 5.42. The van der Waals surface area contributed by atoms with E-state index in [1.807, 2.05) is 26.8 Å². The Kier molecular flexibility index (Phi) is 5.77. The van der Waals surface area contributed by atoms with E-state index < -0.39 is 23.8 Å². The van der Waals surface area contributed by atoms with Crippen LogP contribution in [-0.2, 0) is 14.3 Å². The van der Waals surface area contributed by atoms with Crippen LogP contribution in [0, 0.1) is 11.8 Å². The Morgan fingerprint density at radius 1 is 1.28 bits per heavy atom. The van der Waals surface area contributed by atoms with Crippen LogP contribution in [0.1, 0.15) is 59.1 Å². The fraction of sp³-hybridized carbons (Fsp3) is 0.667. The normalized spacial score (nSPS) is 28.5. The van der Waals surface area contributed by atoms with E-state index in [9.17, 15) is 9.59 Å². The first-order valence-corrected chi connectivity index (χ1v) is 11.2. The molecule has 176 valence electrons. The van der Waals surface area contributed by atoms with Crippen LogP contribution in [0.5, 0.6) is 11.5 Å². The SMILES string of the molecule is CC(C)(C)OC(=O)N1CC[C@@H]2O[C@@H]3c4ccc(OCC(=O)O)cc4OC(C)(C)[C@H]3C[C@H]2C1. The van der Waals surface area contributed by atoms with E-state index in [2.05, 4.69) is 13.8 Å². The molecule has 32 heavy (non-hydrogen) atoms. The van der Waals surface area contributed by atoms with Crippen LogP contribution in [0.3, 0.4) is 0 Å². The van der Waals surface area contributed by atoms with Gasteiger partial charge in [-0.1, -0.05) is 0 Å². The molecule has 0 bridgehead atoms. The van der Waals surface area contributed by atoms with Crippen molar-refractivity contribution in [2.45, 2.75) is 70.9 Å². The second-order valence-corrected chi connectivity index (χ2v) is 10.5. The Hall–Kier alpha value is -2.48. The molecule has 0 spiro atoms. The molecule has 4 rings (SSSR count). The van der Waals surface area contributed by atoms with Gasteiger partial charge < -0.3 is 29.0 Å². The molecule has 1 N–H and O–H groups in total. The molecule has 0 aliphatic carbocycles. The predicted octanol–water partition coefficient (Wildman–Crippen LogP) is 4.02. The Balaban J connectivity index is 1.51. The summed E-state index contributed by atoms with van der Waals surface area (Å²) < 4.78 is 23.9. The number of hydrogen-bond donors (Lipinski definition) is 1. The second kappa shape index (κ2) is 8.14. The average molecular weight is 448 g/mol. The van der Waals surface area contributed by atoms with Crippen LogP contribution in [0.4, 0.5) is 4.79 Å². The van der Waals surface area contributed by atoms with Crippen molar-refractivity contribution in [1.82, 2.24) is 4.90 Å². The molecule has 0 radical (unpaired) electrons. The maximum Gasteiger partial charge on any atom is 0.410 e. The summed E-state index contributed by atoms with van der Waals surface area (Å²) >= 11 is 0. The Morgan fingerprint density at radius 3 is 2.72 bits per heavy atom. The number of fused-ring (bicyclic) bond motifs is 4. The number of carboxylic acid groups (broad SMARTS) is 1. The van der Waals surface area contributed by atoms with Crippen LogP contribution < -0.4 is 9.47 Å². The highest BCUT2D eigenvalue weighted by molar-refractivity contribution is 5.68. The van der Waals surface area contributed by atoms with Gasteiger partial charge in [0.2, 0.25) is 0 Å². The van der Waals surface area contributed by atoms with Gasteiger partial charge in [-0.25, -0.2) is 9.59 Å². The average Bonchev–Trinajstić information content (AvgIpc) is 2.69. The van der Waals surface area contributed by atoms with Crippen molar-refractivity contribution < 1.29 is 33.6 Å². The summed E-state index contributed by atoms with van der Waals surface area (Å²) in [5, 5.41) is 8.86. The Labute approximate surface area is 188 Å². The highest BCUT2D eigenvalue weighted by Crippen LogP contribution is 2.53. The third kappa shape index (κ3) is 4.65. The zero-order valence-corrected chi connectivity index (χ0v) is 19.4. The summed E-state index contributed by atoms with van der Waals surface area (Å²) in [5.41, 5.74) is -0.0367. The number of piperidine rings is 1. The molecule has 8 heteroatoms. The highest BCUT2D eigenvalue weighted by atomic mass is 16.6. The zero-order valence-electron chi connectivity index (χ0n) is 19.4. The van der Waals surface area contributed by atoms with Crippen LogP contribution >= 0.6 is 0 Å². The van der Waals surface area contributed by atoms with Crippen molar-refractivity contribution in [2.24, 2.45) is 11.8 Å². The van der Waals surface area contributed by atoms with Gasteiger partial charge in [-0.2, -0.15) is 0 Å². The molecule has 3 heterocycles. The molecule has 2 fully saturated rings. The van der Waals surface area contributed by atoms with E-state index >= 15 is 0 Å². The largest absolute Gasteiger partial charge is 0.487 e. The molecule has 3 aliphatic heterocycles. The van der Waals surface area contributed by atoms with Crippen LogP contribution in [-0.4, -0.2) is 59.1 Å². The molecule has 1 aromatic carbocycles. The summed E-state index contributed by atoms with van der Waals surface area (Å²) in [6.07, 6.45) is 1.34. The van der Waals surface area contributed by atoms with Gasteiger partial charge in [-0.3, -0.25) is 0 Å². The third-order valence-corrected chi connectivity index (χ3v) is 6.48. The molecule has 8 nitrogen and oxygen atoms in total. The number of ether oxygens (including phenoxy) is 4. The number of likely N-dealkylation sites (tertiary alicyclic amines) is 1.